The zero-order valence-corrected chi connectivity index (χ0v) is 11.3. The third-order valence-electron chi connectivity index (χ3n) is 3.49. The van der Waals surface area contributed by atoms with Crippen LogP contribution in [-0.4, -0.2) is 12.6 Å². The van der Waals surface area contributed by atoms with Gasteiger partial charge in [0.05, 0.1) is 0 Å². The summed E-state index contributed by atoms with van der Waals surface area (Å²) in [6.07, 6.45) is 10.8. The van der Waals surface area contributed by atoms with Crippen LogP contribution in [-0.2, 0) is 6.42 Å². The highest BCUT2D eigenvalue weighted by Crippen LogP contribution is 2.27. The van der Waals surface area contributed by atoms with Gasteiger partial charge in [0.1, 0.15) is 0 Å². The minimum absolute atomic E-state index is 0.458. The Hall–Kier alpha value is -1.70. The average molecular weight is 242 g/mol. The second-order valence-corrected chi connectivity index (χ2v) is 4.67. The molecule has 1 aliphatic rings. The lowest BCUT2D eigenvalue weighted by Crippen LogP contribution is -2.33. The Bertz CT molecular complexity index is 460. The van der Waals surface area contributed by atoms with E-state index in [1.54, 1.807) is 0 Å². The first-order chi connectivity index (χ1) is 8.76. The molecule has 1 aromatic carbocycles. The quantitative estimate of drug-likeness (QED) is 0.804. The predicted molar refractivity (Wildman–Crippen MR) is 79.9 cm³/mol. The fraction of sp³-hybridized carbons (Fsp3) is 0.375. The fourth-order valence-electron chi connectivity index (χ4n) is 2.56. The topological polar surface area (TPSA) is 29.3 Å². The minimum Gasteiger partial charge on any atom is -0.399 e. The molecule has 1 aromatic rings. The number of hydrogen-bond donors (Lipinski definition) is 1. The Labute approximate surface area is 110 Å². The van der Waals surface area contributed by atoms with Crippen molar-refractivity contribution in [2.45, 2.75) is 32.7 Å². The van der Waals surface area contributed by atoms with Gasteiger partial charge in [0.2, 0.25) is 0 Å². The second-order valence-electron chi connectivity index (χ2n) is 4.67. The highest BCUT2D eigenvalue weighted by atomic mass is 15.2. The summed E-state index contributed by atoms with van der Waals surface area (Å²) in [7, 11) is 0. The number of nitrogen functional groups attached to an aromatic ring is 1. The smallest absolute Gasteiger partial charge is 0.0473 e. The normalized spacial score (nSPS) is 22.6. The number of likely N-dealkylation sites (N-methyl/N-ethyl adjacent to an activating group) is 1. The molecule has 0 fully saturated rings. The molecular formula is C16H22N2. The van der Waals surface area contributed by atoms with Gasteiger partial charge in [0.25, 0.3) is 0 Å². The molecule has 0 radical (unpaired) electrons. The number of benzene rings is 1. The van der Waals surface area contributed by atoms with Gasteiger partial charge in [-0.25, -0.2) is 0 Å². The molecule has 2 N–H and O–H groups in total. The molecule has 1 unspecified atom stereocenters. The van der Waals surface area contributed by atoms with E-state index in [4.69, 9.17) is 5.73 Å². The van der Waals surface area contributed by atoms with Crippen LogP contribution in [0.2, 0.25) is 0 Å². The van der Waals surface area contributed by atoms with E-state index in [0.29, 0.717) is 6.04 Å². The minimum atomic E-state index is 0.458. The molecule has 2 rings (SSSR count). The monoisotopic (exact) mass is 242 g/mol. The highest BCUT2D eigenvalue weighted by Gasteiger charge is 2.16. The van der Waals surface area contributed by atoms with Gasteiger partial charge in [-0.2, -0.15) is 0 Å². The number of anilines is 2. The maximum atomic E-state index is 5.91. The SMILES string of the molecule is CCC1/C=C\C=C/Cc2cc(N)ccc2N1CC. The fourth-order valence-corrected chi connectivity index (χ4v) is 2.56. The summed E-state index contributed by atoms with van der Waals surface area (Å²) in [6.45, 7) is 5.46. The molecule has 0 bridgehead atoms. The standard InChI is InChI=1S/C16H22N2/c1-3-15-9-7-5-6-8-13-12-14(17)10-11-16(13)18(15)4-2/h5-7,9-12,15H,3-4,8,17H2,1-2H3/b6-5-,9-7-. The van der Waals surface area contributed by atoms with Crippen molar-refractivity contribution in [2.24, 2.45) is 0 Å². The third kappa shape index (κ3) is 2.58. The van der Waals surface area contributed by atoms with Gasteiger partial charge in [0.15, 0.2) is 0 Å². The molecule has 96 valence electrons. The number of hydrogen-bond acceptors (Lipinski definition) is 2. The summed E-state index contributed by atoms with van der Waals surface area (Å²) in [6, 6.07) is 6.71. The zero-order chi connectivity index (χ0) is 13.0. The first-order valence-corrected chi connectivity index (χ1v) is 6.74. The number of allylic oxidation sites excluding steroid dienone is 3. The van der Waals surface area contributed by atoms with Gasteiger partial charge in [-0.3, -0.25) is 0 Å². The number of nitrogens with zero attached hydrogens (tertiary/aromatic N) is 1. The maximum Gasteiger partial charge on any atom is 0.0473 e. The van der Waals surface area contributed by atoms with Gasteiger partial charge < -0.3 is 10.6 Å². The van der Waals surface area contributed by atoms with E-state index in [1.807, 2.05) is 6.07 Å². The molecule has 2 heteroatoms. The molecule has 1 atom stereocenters. The van der Waals surface area contributed by atoms with Gasteiger partial charge in [0, 0.05) is 24.0 Å². The van der Waals surface area contributed by atoms with Crippen molar-refractivity contribution in [2.75, 3.05) is 17.2 Å². The second kappa shape index (κ2) is 5.76. The van der Waals surface area contributed by atoms with Crippen LogP contribution in [0.1, 0.15) is 25.8 Å². The van der Waals surface area contributed by atoms with Gasteiger partial charge in [-0.05, 0) is 43.5 Å². The molecular weight excluding hydrogens is 220 g/mol. The first-order valence-electron chi connectivity index (χ1n) is 6.74. The van der Waals surface area contributed by atoms with E-state index >= 15 is 0 Å². The van der Waals surface area contributed by atoms with E-state index in [1.165, 1.54) is 11.3 Å². The van der Waals surface area contributed by atoms with Crippen molar-refractivity contribution >= 4 is 11.4 Å². The van der Waals surface area contributed by atoms with Gasteiger partial charge in [-0.1, -0.05) is 31.2 Å². The van der Waals surface area contributed by atoms with Gasteiger partial charge >= 0.3 is 0 Å². The van der Waals surface area contributed by atoms with Crippen molar-refractivity contribution in [3.05, 3.63) is 48.1 Å². The largest absolute Gasteiger partial charge is 0.399 e. The Morgan fingerprint density at radius 1 is 1.28 bits per heavy atom. The molecule has 0 aliphatic carbocycles. The summed E-state index contributed by atoms with van der Waals surface area (Å²) in [5.74, 6) is 0. The zero-order valence-electron chi connectivity index (χ0n) is 11.3. The highest BCUT2D eigenvalue weighted by molar-refractivity contribution is 5.61. The summed E-state index contributed by atoms with van der Waals surface area (Å²) in [4.78, 5) is 2.46. The third-order valence-corrected chi connectivity index (χ3v) is 3.49. The van der Waals surface area contributed by atoms with Crippen molar-refractivity contribution in [1.29, 1.82) is 0 Å². The lowest BCUT2D eigenvalue weighted by atomic mass is 10.1. The van der Waals surface area contributed by atoms with E-state index in [-0.39, 0.29) is 0 Å². The molecule has 1 aliphatic heterocycles. The van der Waals surface area contributed by atoms with E-state index in [9.17, 15) is 0 Å². The molecule has 1 heterocycles. The van der Waals surface area contributed by atoms with Crippen molar-refractivity contribution < 1.29 is 0 Å². The van der Waals surface area contributed by atoms with Gasteiger partial charge in [-0.15, -0.1) is 0 Å². The van der Waals surface area contributed by atoms with E-state index in [0.717, 1.165) is 25.1 Å². The summed E-state index contributed by atoms with van der Waals surface area (Å²) in [5.41, 5.74) is 9.38. The van der Waals surface area contributed by atoms with Crippen LogP contribution >= 0.6 is 0 Å². The maximum absolute atomic E-state index is 5.91. The lowest BCUT2D eigenvalue weighted by Gasteiger charge is -2.31. The lowest BCUT2D eigenvalue weighted by molar-refractivity contribution is 0.679. The van der Waals surface area contributed by atoms with E-state index < -0.39 is 0 Å². The molecule has 0 aromatic heterocycles. The number of fused-ring (bicyclic) bond motifs is 1. The first kappa shape index (κ1) is 12.7. The Balaban J connectivity index is 2.48. The molecule has 0 saturated carbocycles. The molecule has 2 nitrogen and oxygen atoms in total. The Morgan fingerprint density at radius 2 is 2.11 bits per heavy atom. The van der Waals surface area contributed by atoms with E-state index in [2.05, 4.69) is 55.2 Å². The van der Waals surface area contributed by atoms with Crippen LogP contribution in [0.3, 0.4) is 0 Å². The Morgan fingerprint density at radius 3 is 2.83 bits per heavy atom. The summed E-state index contributed by atoms with van der Waals surface area (Å²) in [5, 5.41) is 0. The number of nitrogens with two attached hydrogens (primary N) is 1. The van der Waals surface area contributed by atoms with Crippen LogP contribution in [0.15, 0.2) is 42.5 Å². The predicted octanol–water partition coefficient (Wildman–Crippen LogP) is 3.54. The van der Waals surface area contributed by atoms with Crippen LogP contribution in [0, 0.1) is 0 Å². The van der Waals surface area contributed by atoms with Crippen LogP contribution in [0.5, 0.6) is 0 Å². The molecule has 0 spiro atoms. The average Bonchev–Trinajstić information content (AvgIpc) is 2.46. The summed E-state index contributed by atoms with van der Waals surface area (Å²) >= 11 is 0. The molecule has 0 amide bonds. The molecule has 0 saturated heterocycles. The van der Waals surface area contributed by atoms with Crippen molar-refractivity contribution in [1.82, 2.24) is 0 Å². The van der Waals surface area contributed by atoms with Crippen LogP contribution in [0.4, 0.5) is 11.4 Å². The van der Waals surface area contributed by atoms with Crippen molar-refractivity contribution in [3.8, 4) is 0 Å². The Kier molecular flexibility index (Phi) is 4.08. The molecule has 18 heavy (non-hydrogen) atoms. The van der Waals surface area contributed by atoms with Crippen LogP contribution < -0.4 is 10.6 Å². The summed E-state index contributed by atoms with van der Waals surface area (Å²) < 4.78 is 0. The van der Waals surface area contributed by atoms with Crippen LogP contribution in [0.25, 0.3) is 0 Å². The number of rotatable bonds is 2. The van der Waals surface area contributed by atoms with Crippen molar-refractivity contribution in [3.63, 3.8) is 0 Å².